The molecular weight excluding hydrogens is 322 g/mol. The van der Waals surface area contributed by atoms with Crippen LogP contribution >= 0.6 is 0 Å². The number of hydrogen-bond acceptors (Lipinski definition) is 5. The van der Waals surface area contributed by atoms with Gasteiger partial charge in [-0.1, -0.05) is 56.2 Å². The molecule has 0 spiro atoms. The van der Waals surface area contributed by atoms with Crippen LogP contribution in [0.2, 0.25) is 0 Å². The number of carbonyl (C=O) groups excluding carboxylic acids is 2. The van der Waals surface area contributed by atoms with Crippen LogP contribution in [0.1, 0.15) is 52.5 Å². The molecule has 0 aliphatic rings. The van der Waals surface area contributed by atoms with Gasteiger partial charge in [0.2, 0.25) is 5.78 Å². The number of carbonyl (C=O) groups is 2. The molecule has 0 heterocycles. The summed E-state index contributed by atoms with van der Waals surface area (Å²) in [6.45, 7) is 2.24. The number of esters is 1. The summed E-state index contributed by atoms with van der Waals surface area (Å²) in [5.74, 6) is -1.30. The molecule has 6 nitrogen and oxygen atoms in total. The van der Waals surface area contributed by atoms with Crippen LogP contribution in [-0.4, -0.2) is 23.3 Å². The topological polar surface area (TPSA) is 86.5 Å². The van der Waals surface area contributed by atoms with Crippen LogP contribution < -0.4 is 0 Å². The van der Waals surface area contributed by atoms with Gasteiger partial charge in [-0.25, -0.2) is 4.79 Å². The lowest BCUT2D eigenvalue weighted by Crippen LogP contribution is -2.15. The van der Waals surface area contributed by atoms with Crippen molar-refractivity contribution in [2.24, 2.45) is 0 Å². The summed E-state index contributed by atoms with van der Waals surface area (Å²) in [7, 11) is 0. The molecule has 0 amide bonds. The van der Waals surface area contributed by atoms with E-state index in [1.807, 2.05) is 6.92 Å². The minimum Gasteiger partial charge on any atom is -0.462 e. The Morgan fingerprint density at radius 1 is 1.04 bits per heavy atom. The van der Waals surface area contributed by atoms with Gasteiger partial charge in [0.1, 0.15) is 5.56 Å². The van der Waals surface area contributed by atoms with E-state index in [-0.39, 0.29) is 23.3 Å². The zero-order valence-corrected chi connectivity index (χ0v) is 13.9. The first-order chi connectivity index (χ1) is 12.1. The normalized spacial score (nSPS) is 10.3. The maximum atomic E-state index is 12.8. The first kappa shape index (κ1) is 18.3. The number of unbranched alkanes of at least 4 members (excludes halogenated alkanes) is 2. The summed E-state index contributed by atoms with van der Waals surface area (Å²) in [5, 5.41) is 11.3. The third-order valence-corrected chi connectivity index (χ3v) is 3.70. The van der Waals surface area contributed by atoms with Crippen molar-refractivity contribution in [1.82, 2.24) is 0 Å². The highest BCUT2D eigenvalue weighted by Crippen LogP contribution is 2.26. The van der Waals surface area contributed by atoms with E-state index < -0.39 is 22.4 Å². The molecule has 0 aliphatic heterocycles. The summed E-state index contributed by atoms with van der Waals surface area (Å²) < 4.78 is 5.18. The summed E-state index contributed by atoms with van der Waals surface area (Å²) in [6, 6.07) is 12.1. The van der Waals surface area contributed by atoms with Crippen molar-refractivity contribution in [2.45, 2.75) is 26.2 Å². The zero-order valence-electron chi connectivity index (χ0n) is 13.9. The Balaban J connectivity index is 2.40. The largest absolute Gasteiger partial charge is 0.462 e. The van der Waals surface area contributed by atoms with E-state index >= 15 is 0 Å². The lowest BCUT2D eigenvalue weighted by atomic mass is 9.96. The molecule has 2 rings (SSSR count). The van der Waals surface area contributed by atoms with Crippen LogP contribution in [0.15, 0.2) is 48.5 Å². The number of nitro benzene ring substituents is 1. The number of nitro groups is 1. The zero-order chi connectivity index (χ0) is 18.2. The fourth-order valence-corrected chi connectivity index (χ4v) is 2.43. The van der Waals surface area contributed by atoms with E-state index in [2.05, 4.69) is 0 Å². The molecule has 0 N–H and O–H groups in total. The number of benzene rings is 2. The van der Waals surface area contributed by atoms with Crippen LogP contribution in [-0.2, 0) is 4.74 Å². The smallest absolute Gasteiger partial charge is 0.339 e. The van der Waals surface area contributed by atoms with E-state index in [4.69, 9.17) is 4.74 Å². The second kappa shape index (κ2) is 8.73. The Bertz CT molecular complexity index is 771. The minimum atomic E-state index is -0.723. The molecule has 0 bridgehead atoms. The third-order valence-electron chi connectivity index (χ3n) is 3.70. The molecule has 0 radical (unpaired) electrons. The van der Waals surface area contributed by atoms with Gasteiger partial charge < -0.3 is 4.74 Å². The molecule has 2 aromatic carbocycles. The highest BCUT2D eigenvalue weighted by Gasteiger charge is 2.28. The Labute approximate surface area is 145 Å². The Morgan fingerprint density at radius 2 is 1.76 bits per heavy atom. The van der Waals surface area contributed by atoms with Crippen molar-refractivity contribution in [2.75, 3.05) is 6.61 Å². The average molecular weight is 341 g/mol. The van der Waals surface area contributed by atoms with E-state index in [0.717, 1.165) is 12.8 Å². The van der Waals surface area contributed by atoms with Crippen LogP contribution in [0.25, 0.3) is 0 Å². The average Bonchev–Trinajstić information content (AvgIpc) is 2.64. The lowest BCUT2D eigenvalue weighted by molar-refractivity contribution is -0.385. The van der Waals surface area contributed by atoms with Gasteiger partial charge in [-0.2, -0.15) is 0 Å². The van der Waals surface area contributed by atoms with Gasteiger partial charge in [0, 0.05) is 11.6 Å². The van der Waals surface area contributed by atoms with Crippen LogP contribution in [0.4, 0.5) is 5.69 Å². The summed E-state index contributed by atoms with van der Waals surface area (Å²) in [6.07, 6.45) is 2.60. The Kier molecular flexibility index (Phi) is 6.39. The van der Waals surface area contributed by atoms with Crippen LogP contribution in [0.3, 0.4) is 0 Å². The molecule has 6 heteroatoms. The highest BCUT2D eigenvalue weighted by molar-refractivity contribution is 6.16. The SMILES string of the molecule is CCCCCOC(=O)c1cccc([N+](=O)[O-])c1C(=O)c1ccccc1. The molecule has 0 aliphatic carbocycles. The Hall–Kier alpha value is -3.02. The first-order valence-corrected chi connectivity index (χ1v) is 8.10. The monoisotopic (exact) mass is 341 g/mol. The number of rotatable bonds is 8. The van der Waals surface area contributed by atoms with E-state index in [9.17, 15) is 19.7 Å². The molecule has 0 saturated carbocycles. The molecule has 25 heavy (non-hydrogen) atoms. The maximum Gasteiger partial charge on any atom is 0.339 e. The second-order valence-corrected chi connectivity index (χ2v) is 5.49. The van der Waals surface area contributed by atoms with Gasteiger partial charge in [-0.3, -0.25) is 14.9 Å². The third kappa shape index (κ3) is 4.50. The molecule has 0 unspecified atom stereocenters. The van der Waals surface area contributed by atoms with E-state index in [1.54, 1.807) is 30.3 Å². The molecular formula is C19H19NO5. The van der Waals surface area contributed by atoms with Gasteiger partial charge >= 0.3 is 5.97 Å². The predicted octanol–water partition coefficient (Wildman–Crippen LogP) is 4.17. The van der Waals surface area contributed by atoms with Gasteiger partial charge in [0.25, 0.3) is 5.69 Å². The number of ether oxygens (including phenoxy) is 1. The van der Waals surface area contributed by atoms with E-state index in [1.165, 1.54) is 18.2 Å². The molecule has 0 fully saturated rings. The van der Waals surface area contributed by atoms with Gasteiger partial charge in [-0.05, 0) is 12.5 Å². The summed E-state index contributed by atoms with van der Waals surface area (Å²) in [4.78, 5) is 35.8. The van der Waals surface area contributed by atoms with Gasteiger partial charge in [-0.15, -0.1) is 0 Å². The fraction of sp³-hybridized carbons (Fsp3) is 0.263. The number of ketones is 1. The molecule has 0 aromatic heterocycles. The lowest BCUT2D eigenvalue weighted by Gasteiger charge is -2.09. The van der Waals surface area contributed by atoms with Gasteiger partial charge in [0.05, 0.1) is 17.1 Å². The minimum absolute atomic E-state index is 0.0837. The molecule has 0 saturated heterocycles. The number of nitrogens with zero attached hydrogens (tertiary/aromatic N) is 1. The maximum absolute atomic E-state index is 12.8. The predicted molar refractivity (Wildman–Crippen MR) is 92.8 cm³/mol. The Morgan fingerprint density at radius 3 is 2.40 bits per heavy atom. The quantitative estimate of drug-likeness (QED) is 0.236. The van der Waals surface area contributed by atoms with Crippen molar-refractivity contribution in [1.29, 1.82) is 0 Å². The molecule has 0 atom stereocenters. The van der Waals surface area contributed by atoms with Crippen molar-refractivity contribution in [3.8, 4) is 0 Å². The van der Waals surface area contributed by atoms with Crippen LogP contribution in [0, 0.1) is 10.1 Å². The molecule has 130 valence electrons. The summed E-state index contributed by atoms with van der Waals surface area (Å²) >= 11 is 0. The first-order valence-electron chi connectivity index (χ1n) is 8.10. The molecule has 2 aromatic rings. The van der Waals surface area contributed by atoms with Gasteiger partial charge in [0.15, 0.2) is 0 Å². The summed E-state index contributed by atoms with van der Waals surface area (Å²) in [5.41, 5.74) is -0.451. The van der Waals surface area contributed by atoms with Crippen molar-refractivity contribution >= 4 is 17.4 Å². The standard InChI is InChI=1S/C19H19NO5/c1-2-3-7-13-25-19(22)15-11-8-12-16(20(23)24)17(15)18(21)14-9-5-4-6-10-14/h4-6,8-12H,2-3,7,13H2,1H3. The van der Waals surface area contributed by atoms with E-state index in [0.29, 0.717) is 6.42 Å². The van der Waals surface area contributed by atoms with Crippen molar-refractivity contribution < 1.29 is 19.2 Å². The van der Waals surface area contributed by atoms with Crippen molar-refractivity contribution in [3.05, 3.63) is 75.3 Å². The van der Waals surface area contributed by atoms with Crippen molar-refractivity contribution in [3.63, 3.8) is 0 Å². The van der Waals surface area contributed by atoms with Crippen LogP contribution in [0.5, 0.6) is 0 Å². The second-order valence-electron chi connectivity index (χ2n) is 5.49. The number of hydrogen-bond donors (Lipinski definition) is 0. The fourth-order valence-electron chi connectivity index (χ4n) is 2.43. The highest BCUT2D eigenvalue weighted by atomic mass is 16.6.